The molecule has 0 saturated heterocycles. The van der Waals surface area contributed by atoms with Crippen LogP contribution in [0.4, 0.5) is 4.39 Å². The van der Waals surface area contributed by atoms with Gasteiger partial charge in [0.1, 0.15) is 5.82 Å². The van der Waals surface area contributed by atoms with E-state index in [4.69, 9.17) is 4.84 Å². The number of carbonyl (C=O) groups is 1. The highest BCUT2D eigenvalue weighted by Crippen LogP contribution is 2.27. The van der Waals surface area contributed by atoms with Crippen LogP contribution in [0.15, 0.2) is 29.4 Å². The number of nitrogens with zero attached hydrogens (tertiary/aromatic N) is 1. The molecule has 0 aliphatic carbocycles. The highest BCUT2D eigenvalue weighted by Gasteiger charge is 2.42. The highest BCUT2D eigenvalue weighted by atomic mass is 19.1. The van der Waals surface area contributed by atoms with Crippen LogP contribution >= 0.6 is 0 Å². The number of hydrogen-bond donors (Lipinski definition) is 1. The number of rotatable bonds is 4. The molecule has 108 valence electrons. The second kappa shape index (κ2) is 5.61. The Kier molecular flexibility index (Phi) is 4.06. The molecular weight excluding hydrogens is 259 g/mol. The SMILES string of the molecule is CCC(C)NC(=O)C1(C)CC(c2cccc(F)c2)=NO1. The number of halogens is 1. The maximum Gasteiger partial charge on any atom is 0.267 e. The van der Waals surface area contributed by atoms with Gasteiger partial charge in [0.15, 0.2) is 0 Å². The number of nitrogens with one attached hydrogen (secondary N) is 1. The van der Waals surface area contributed by atoms with Crippen LogP contribution in [-0.2, 0) is 9.63 Å². The maximum atomic E-state index is 13.2. The zero-order chi connectivity index (χ0) is 14.8. The highest BCUT2D eigenvalue weighted by molar-refractivity contribution is 6.05. The van der Waals surface area contributed by atoms with Crippen LogP contribution in [0, 0.1) is 5.82 Å². The van der Waals surface area contributed by atoms with Gasteiger partial charge in [0.2, 0.25) is 5.60 Å². The average Bonchev–Trinajstić information content (AvgIpc) is 2.82. The van der Waals surface area contributed by atoms with Gasteiger partial charge in [-0.15, -0.1) is 0 Å². The van der Waals surface area contributed by atoms with Crippen molar-refractivity contribution in [3.05, 3.63) is 35.6 Å². The van der Waals surface area contributed by atoms with Gasteiger partial charge in [-0.1, -0.05) is 24.2 Å². The van der Waals surface area contributed by atoms with Gasteiger partial charge in [-0.25, -0.2) is 4.39 Å². The molecule has 1 N–H and O–H groups in total. The molecule has 2 rings (SSSR count). The second-order valence-electron chi connectivity index (χ2n) is 5.33. The topological polar surface area (TPSA) is 50.7 Å². The summed E-state index contributed by atoms with van der Waals surface area (Å²) in [6, 6.07) is 6.21. The lowest BCUT2D eigenvalue weighted by atomic mass is 9.94. The summed E-state index contributed by atoms with van der Waals surface area (Å²) in [6.45, 7) is 5.63. The van der Waals surface area contributed by atoms with Crippen LogP contribution in [0.25, 0.3) is 0 Å². The lowest BCUT2D eigenvalue weighted by Gasteiger charge is -2.22. The van der Waals surface area contributed by atoms with E-state index < -0.39 is 5.60 Å². The molecule has 1 heterocycles. The van der Waals surface area contributed by atoms with E-state index in [-0.39, 0.29) is 17.8 Å². The molecule has 20 heavy (non-hydrogen) atoms. The molecule has 1 aliphatic rings. The fourth-order valence-electron chi connectivity index (χ4n) is 1.96. The Balaban J connectivity index is 2.08. The molecule has 0 fully saturated rings. The smallest absolute Gasteiger partial charge is 0.267 e. The van der Waals surface area contributed by atoms with Gasteiger partial charge >= 0.3 is 0 Å². The normalized spacial score (nSPS) is 22.9. The van der Waals surface area contributed by atoms with Crippen molar-refractivity contribution in [2.45, 2.75) is 45.3 Å². The summed E-state index contributed by atoms with van der Waals surface area (Å²) in [7, 11) is 0. The molecule has 2 atom stereocenters. The molecular formula is C15H19FN2O2. The van der Waals surface area contributed by atoms with Crippen LogP contribution in [0.1, 0.15) is 39.2 Å². The first-order valence-corrected chi connectivity index (χ1v) is 6.76. The van der Waals surface area contributed by atoms with Crippen LogP contribution < -0.4 is 5.32 Å². The summed E-state index contributed by atoms with van der Waals surface area (Å²) in [5.74, 6) is -0.523. The van der Waals surface area contributed by atoms with E-state index in [9.17, 15) is 9.18 Å². The number of oxime groups is 1. The van der Waals surface area contributed by atoms with E-state index in [0.717, 1.165) is 6.42 Å². The standard InChI is InChI=1S/C15H19FN2O2/c1-4-10(2)17-14(19)15(3)9-13(18-20-15)11-6-5-7-12(16)8-11/h5-8,10H,4,9H2,1-3H3,(H,17,19). The Hall–Kier alpha value is -1.91. The summed E-state index contributed by atoms with van der Waals surface area (Å²) < 4.78 is 13.2. The Labute approximate surface area is 118 Å². The third-order valence-electron chi connectivity index (χ3n) is 3.49. The molecule has 0 aromatic heterocycles. The number of carbonyl (C=O) groups excluding carboxylic acids is 1. The number of hydrogen-bond acceptors (Lipinski definition) is 3. The fourth-order valence-corrected chi connectivity index (χ4v) is 1.96. The lowest BCUT2D eigenvalue weighted by molar-refractivity contribution is -0.142. The van der Waals surface area contributed by atoms with E-state index in [1.807, 2.05) is 13.8 Å². The molecule has 1 aromatic carbocycles. The average molecular weight is 278 g/mol. The molecule has 0 spiro atoms. The zero-order valence-electron chi connectivity index (χ0n) is 11.9. The molecule has 1 aliphatic heterocycles. The Morgan fingerprint density at radius 1 is 1.60 bits per heavy atom. The predicted molar refractivity (Wildman–Crippen MR) is 74.9 cm³/mol. The minimum absolute atomic E-state index is 0.0844. The molecule has 0 saturated carbocycles. The van der Waals surface area contributed by atoms with Gasteiger partial charge in [0.25, 0.3) is 5.91 Å². The summed E-state index contributed by atoms with van der Waals surface area (Å²) in [4.78, 5) is 17.5. The van der Waals surface area contributed by atoms with Gasteiger partial charge in [-0.05, 0) is 32.4 Å². The van der Waals surface area contributed by atoms with Gasteiger partial charge in [0, 0.05) is 18.0 Å². The second-order valence-corrected chi connectivity index (χ2v) is 5.33. The Bertz CT molecular complexity index is 544. The van der Waals surface area contributed by atoms with Crippen molar-refractivity contribution in [2.24, 2.45) is 5.16 Å². The summed E-state index contributed by atoms with van der Waals surface area (Å²) >= 11 is 0. The van der Waals surface area contributed by atoms with Crippen LogP contribution in [0.2, 0.25) is 0 Å². The third kappa shape index (κ3) is 2.98. The van der Waals surface area contributed by atoms with Gasteiger partial charge < -0.3 is 10.2 Å². The minimum Gasteiger partial charge on any atom is -0.379 e. The van der Waals surface area contributed by atoms with Crippen LogP contribution in [0.3, 0.4) is 0 Å². The van der Waals surface area contributed by atoms with E-state index >= 15 is 0 Å². The largest absolute Gasteiger partial charge is 0.379 e. The first kappa shape index (κ1) is 14.5. The molecule has 2 unspecified atom stereocenters. The molecule has 1 aromatic rings. The van der Waals surface area contributed by atoms with Crippen LogP contribution in [-0.4, -0.2) is 23.3 Å². The summed E-state index contributed by atoms with van der Waals surface area (Å²) in [5, 5.41) is 6.83. The zero-order valence-corrected chi connectivity index (χ0v) is 11.9. The van der Waals surface area contributed by atoms with Crippen molar-refractivity contribution in [3.63, 3.8) is 0 Å². The number of amides is 1. The monoisotopic (exact) mass is 278 g/mol. The van der Waals surface area contributed by atoms with Crippen molar-refractivity contribution in [1.29, 1.82) is 0 Å². The maximum absolute atomic E-state index is 13.2. The Morgan fingerprint density at radius 3 is 3.00 bits per heavy atom. The molecule has 0 bridgehead atoms. The van der Waals surface area contributed by atoms with Gasteiger partial charge in [-0.3, -0.25) is 4.79 Å². The lowest BCUT2D eigenvalue weighted by Crippen LogP contribution is -2.47. The van der Waals surface area contributed by atoms with E-state index in [1.54, 1.807) is 19.1 Å². The number of benzene rings is 1. The molecule has 4 nitrogen and oxygen atoms in total. The van der Waals surface area contributed by atoms with Crippen molar-refractivity contribution >= 4 is 11.6 Å². The predicted octanol–water partition coefficient (Wildman–Crippen LogP) is 2.62. The van der Waals surface area contributed by atoms with Crippen molar-refractivity contribution in [2.75, 3.05) is 0 Å². The Morgan fingerprint density at radius 2 is 2.35 bits per heavy atom. The van der Waals surface area contributed by atoms with Crippen molar-refractivity contribution in [1.82, 2.24) is 5.32 Å². The van der Waals surface area contributed by atoms with Crippen molar-refractivity contribution in [3.8, 4) is 0 Å². The van der Waals surface area contributed by atoms with E-state index in [2.05, 4.69) is 10.5 Å². The summed E-state index contributed by atoms with van der Waals surface area (Å²) in [6.07, 6.45) is 1.18. The van der Waals surface area contributed by atoms with Gasteiger partial charge in [0.05, 0.1) is 5.71 Å². The van der Waals surface area contributed by atoms with Gasteiger partial charge in [-0.2, -0.15) is 0 Å². The first-order valence-electron chi connectivity index (χ1n) is 6.76. The molecule has 0 radical (unpaired) electrons. The van der Waals surface area contributed by atoms with Crippen LogP contribution in [0.5, 0.6) is 0 Å². The van der Waals surface area contributed by atoms with E-state index in [0.29, 0.717) is 17.7 Å². The first-order chi connectivity index (χ1) is 9.44. The molecule has 1 amide bonds. The summed E-state index contributed by atoms with van der Waals surface area (Å²) in [5.41, 5.74) is 0.210. The van der Waals surface area contributed by atoms with E-state index in [1.165, 1.54) is 12.1 Å². The van der Waals surface area contributed by atoms with Crippen molar-refractivity contribution < 1.29 is 14.0 Å². The quantitative estimate of drug-likeness (QED) is 0.920. The fraction of sp³-hybridized carbons (Fsp3) is 0.467. The minimum atomic E-state index is -1.02. The molecule has 5 heteroatoms. The third-order valence-corrected chi connectivity index (χ3v) is 3.49.